The Hall–Kier alpha value is -12.3. The molecule has 0 radical (unpaired) electrons. The number of unbranched alkanes of at least 4 members (excludes halogenated alkanes) is 9. The lowest BCUT2D eigenvalue weighted by Crippen LogP contribution is -2.61. The van der Waals surface area contributed by atoms with Gasteiger partial charge in [0.25, 0.3) is 0 Å². The average molecular weight is 1600 g/mol. The van der Waals surface area contributed by atoms with Crippen molar-refractivity contribution in [3.63, 3.8) is 0 Å². The highest BCUT2D eigenvalue weighted by molar-refractivity contribution is 6.05. The normalized spacial score (nSPS) is 21.1. The second-order valence-corrected chi connectivity index (χ2v) is 27.5. The van der Waals surface area contributed by atoms with Gasteiger partial charge in [0.1, 0.15) is 67.1 Å². The molecule has 0 aromatic heterocycles. The second kappa shape index (κ2) is 47.1. The number of benzene rings is 3. The lowest BCUT2D eigenvalue weighted by molar-refractivity contribution is -0.156. The first-order chi connectivity index (χ1) is 54.2. The van der Waals surface area contributed by atoms with E-state index in [9.17, 15) is 112 Å². The molecule has 0 spiro atoms. The van der Waals surface area contributed by atoms with Gasteiger partial charge in [-0.3, -0.25) is 71.9 Å². The maximum atomic E-state index is 14.8. The number of Topliss-reactive ketones (excluding diaryl/α,β-unsaturated/α-hetero) is 1. The van der Waals surface area contributed by atoms with Crippen molar-refractivity contribution in [1.29, 1.82) is 0 Å². The number of aliphatic carboxylic acids is 4. The summed E-state index contributed by atoms with van der Waals surface area (Å²) in [6.07, 6.45) is 0.359. The van der Waals surface area contributed by atoms with Crippen molar-refractivity contribution in [2.75, 3.05) is 45.1 Å². The van der Waals surface area contributed by atoms with E-state index in [2.05, 4.69) is 65.4 Å². The highest BCUT2D eigenvalue weighted by Gasteiger charge is 2.40. The number of esters is 1. The van der Waals surface area contributed by atoms with Crippen molar-refractivity contribution in [2.24, 2.45) is 5.92 Å². The van der Waals surface area contributed by atoms with E-state index in [0.29, 0.717) is 12.8 Å². The number of hydrogen-bond acceptors (Lipinski definition) is 22. The first-order valence-electron chi connectivity index (χ1n) is 37.4. The summed E-state index contributed by atoms with van der Waals surface area (Å²) in [6.45, 7) is 1.25. The summed E-state index contributed by atoms with van der Waals surface area (Å²) in [7, 11) is 0. The maximum Gasteiger partial charge on any atom is 0.407 e. The maximum absolute atomic E-state index is 14.8. The van der Waals surface area contributed by atoms with Crippen LogP contribution >= 0.6 is 0 Å². The monoisotopic (exact) mass is 1600 g/mol. The Labute approximate surface area is 655 Å². The van der Waals surface area contributed by atoms with Crippen LogP contribution in [0.2, 0.25) is 0 Å². The molecule has 1 fully saturated rings. The zero-order chi connectivity index (χ0) is 84.1. The zero-order valence-corrected chi connectivity index (χ0v) is 63.6. The molecule has 114 heavy (non-hydrogen) atoms. The van der Waals surface area contributed by atoms with Crippen molar-refractivity contribution >= 4 is 113 Å². The van der Waals surface area contributed by atoms with Crippen molar-refractivity contribution < 1.29 is 121 Å². The molecule has 5 rings (SSSR count). The molecule has 0 bridgehead atoms. The number of ether oxygens (including phenoxy) is 2. The van der Waals surface area contributed by atoms with Crippen LogP contribution in [0.15, 0.2) is 72.8 Å². The number of hydrogen-bond donors (Lipinski definition) is 19. The molecule has 1 aliphatic carbocycles. The van der Waals surface area contributed by atoms with Gasteiger partial charge in [-0.2, -0.15) is 0 Å². The van der Waals surface area contributed by atoms with Gasteiger partial charge >= 0.3 is 42.0 Å². The number of ketones is 1. The Morgan fingerprint density at radius 3 is 1.62 bits per heavy atom. The summed E-state index contributed by atoms with van der Waals surface area (Å²) < 4.78 is 11.3. The molecule has 20 N–H and O–H groups in total. The van der Waals surface area contributed by atoms with Crippen molar-refractivity contribution in [3.8, 4) is 11.1 Å². The number of para-hydroxylation sites is 1. The predicted octanol–water partition coefficient (Wildman–Crippen LogP) is -0.648. The van der Waals surface area contributed by atoms with Crippen LogP contribution < -0.4 is 74.9 Å². The Kier molecular flexibility index (Phi) is 38.2. The molecule has 39 nitrogen and oxygen atoms in total. The van der Waals surface area contributed by atoms with Gasteiger partial charge in [-0.15, -0.1) is 0 Å². The number of amides is 13. The molecule has 13 amide bonds. The van der Waals surface area contributed by atoms with Crippen molar-refractivity contribution in [1.82, 2.24) is 69.1 Å². The fraction of sp³-hybridized carbons (Fsp3) is 0.520. The average Bonchev–Trinajstić information content (AvgIpc) is 1.62. The SMILES string of the molecule is CCCCCCCCCCCCNC(=O)N[C@@H](CC(=O)O)C(=O)NC1C(=O)NCC(=O)NC(CCCNC(=O)OCC2c3ccccc3-c3ccccc32)C(=O)NC(CC(=O)O)C(=O)NC(C)C(=O)NC(CC(=O)O)C(=O)NCC(=O)NC(CO)C(=O)NC(C(C)CC(=O)O)C(=O)NC(CC(=O)c2ccccc2N)C(=O)OC1C. The predicted molar refractivity (Wildman–Crippen MR) is 402 cm³/mol. The van der Waals surface area contributed by atoms with Gasteiger partial charge in [0.05, 0.1) is 45.4 Å². The van der Waals surface area contributed by atoms with Crippen LogP contribution in [0.25, 0.3) is 11.1 Å². The molecule has 2 aliphatic rings. The summed E-state index contributed by atoms with van der Waals surface area (Å²) in [6, 6.07) is 0.765. The standard InChI is InChI=1S/C75H102N14O25/c1-5-6-7-8-9-10-11-12-13-20-29-77-74(111)87-53(35-62(100)101)69(106)89-64-42(4)114-73(110)54(32-56(91)47-26-18-19-27-49(47)76)86-72(109)63(40(2)31-59(94)95)88-70(107)55(38-90)83-58(93)36-79-66(103)51(33-60(96)97)84-65(102)41(3)81-68(105)52(34-61(98)99)85-67(104)50(82-57(92)37-80-71(64)108)28-21-30-78-75(112)113-39-48-45-24-16-14-22-43(45)44-23-15-17-25-46(44)48/h14-19,22-27,40-42,48,50-55,63-64,90H,5-13,20-21,28-39,76H2,1-4H3,(H,78,112)(H,79,103)(H,80,108)(H,81,105)(H,82,92)(H,83,93)(H,84,102)(H,85,104)(H,86,109)(H,88,107)(H,89,106)(H,94,95)(H,96,97)(H,98,99)(H,100,101)(H2,77,87,111)/t40?,41?,42?,50?,51?,52?,53-,54?,55?,63?,64?/m0/s1. The Morgan fingerprint density at radius 1 is 0.535 bits per heavy atom. The third kappa shape index (κ3) is 30.7. The molecule has 3 aromatic carbocycles. The third-order valence-corrected chi connectivity index (χ3v) is 18.5. The van der Waals surface area contributed by atoms with E-state index >= 15 is 0 Å². The third-order valence-electron chi connectivity index (χ3n) is 18.5. The fourth-order valence-electron chi connectivity index (χ4n) is 12.4. The highest BCUT2D eigenvalue weighted by atomic mass is 16.6. The largest absolute Gasteiger partial charge is 0.481 e. The molecule has 10 unspecified atom stereocenters. The summed E-state index contributed by atoms with van der Waals surface area (Å²) in [5.74, 6) is -24.9. The molecule has 11 atom stereocenters. The molecular formula is C75H102N14O25. The van der Waals surface area contributed by atoms with Crippen LogP contribution in [0.4, 0.5) is 15.3 Å². The number of aliphatic hydroxyl groups is 1. The highest BCUT2D eigenvalue weighted by Crippen LogP contribution is 2.44. The molecule has 39 heteroatoms. The van der Waals surface area contributed by atoms with Gasteiger partial charge in [-0.1, -0.05) is 132 Å². The number of fused-ring (bicyclic) bond motifs is 3. The zero-order valence-electron chi connectivity index (χ0n) is 63.6. The lowest BCUT2D eigenvalue weighted by Gasteiger charge is -2.29. The minimum absolute atomic E-state index is 0.0767. The van der Waals surface area contributed by atoms with Gasteiger partial charge < -0.3 is 110 Å². The number of carboxylic acid groups (broad SMARTS) is 4. The number of nitrogens with two attached hydrogens (primary N) is 1. The smallest absolute Gasteiger partial charge is 0.407 e. The van der Waals surface area contributed by atoms with Crippen molar-refractivity contribution in [3.05, 3.63) is 89.5 Å². The number of nitrogen functional groups attached to an aromatic ring is 1. The van der Waals surface area contributed by atoms with E-state index in [1.807, 2.05) is 59.2 Å². The number of carboxylic acids is 4. The molecule has 1 aliphatic heterocycles. The summed E-state index contributed by atoms with van der Waals surface area (Å²) in [5.41, 5.74) is 9.40. The minimum atomic E-state index is -2.30. The van der Waals surface area contributed by atoms with E-state index in [-0.39, 0.29) is 43.3 Å². The Balaban J connectivity index is 1.54. The van der Waals surface area contributed by atoms with Crippen molar-refractivity contribution in [2.45, 2.75) is 203 Å². The molecule has 1 saturated heterocycles. The summed E-state index contributed by atoms with van der Waals surface area (Å²) >= 11 is 0. The fourth-order valence-corrected chi connectivity index (χ4v) is 12.4. The number of carbonyl (C=O) groups excluding carboxylic acids is 14. The second-order valence-electron chi connectivity index (χ2n) is 27.5. The van der Waals surface area contributed by atoms with Crippen LogP contribution in [-0.4, -0.2) is 232 Å². The number of aliphatic hydroxyl groups excluding tert-OH is 1. The van der Waals surface area contributed by atoms with Crippen LogP contribution in [0.3, 0.4) is 0 Å². The Morgan fingerprint density at radius 2 is 1.04 bits per heavy atom. The van der Waals surface area contributed by atoms with E-state index < -0.39 is 231 Å². The first-order valence-corrected chi connectivity index (χ1v) is 37.4. The summed E-state index contributed by atoms with van der Waals surface area (Å²) in [4.78, 5) is 245. The number of alkyl carbamates (subject to hydrolysis) is 1. The number of cyclic esters (lactones) is 1. The number of urea groups is 1. The van der Waals surface area contributed by atoms with Crippen LogP contribution in [0.1, 0.15) is 164 Å². The van der Waals surface area contributed by atoms with Gasteiger partial charge in [0, 0.05) is 36.7 Å². The minimum Gasteiger partial charge on any atom is -0.481 e. The van der Waals surface area contributed by atoms with Gasteiger partial charge in [-0.05, 0) is 73.4 Å². The van der Waals surface area contributed by atoms with E-state index in [0.717, 1.165) is 94.4 Å². The molecule has 622 valence electrons. The lowest BCUT2D eigenvalue weighted by atomic mass is 9.96. The topological polar surface area (TPSA) is 609 Å². The molecular weight excluding hydrogens is 1500 g/mol. The number of rotatable bonds is 33. The first kappa shape index (κ1) is 92.3. The van der Waals surface area contributed by atoms with Gasteiger partial charge in [0.15, 0.2) is 5.78 Å². The number of nitrogens with one attached hydrogen (secondary N) is 13. The summed E-state index contributed by atoms with van der Waals surface area (Å²) in [5, 5.41) is 78.7. The van der Waals surface area contributed by atoms with E-state index in [4.69, 9.17) is 15.2 Å². The number of anilines is 1. The van der Waals surface area contributed by atoms with Gasteiger partial charge in [-0.25, -0.2) is 14.4 Å². The molecule has 1 heterocycles. The Bertz CT molecular complexity index is 3910. The van der Waals surface area contributed by atoms with Crippen LogP contribution in [-0.2, 0) is 81.4 Å². The number of carbonyl (C=O) groups is 18. The quantitative estimate of drug-likeness (QED) is 0.0156. The molecule has 3 aromatic rings. The van der Waals surface area contributed by atoms with Gasteiger partial charge in [0.2, 0.25) is 59.1 Å². The van der Waals surface area contributed by atoms with E-state index in [1.165, 1.54) is 24.3 Å². The van der Waals surface area contributed by atoms with Crippen LogP contribution in [0, 0.1) is 5.92 Å². The molecule has 0 saturated carbocycles. The van der Waals surface area contributed by atoms with E-state index in [1.54, 1.807) is 0 Å². The van der Waals surface area contributed by atoms with Crippen LogP contribution in [0.5, 0.6) is 0 Å².